The van der Waals surface area contributed by atoms with Gasteiger partial charge in [-0.3, -0.25) is 10.1 Å². The Hall–Kier alpha value is -1.73. The monoisotopic (exact) mass is 264 g/mol. The van der Waals surface area contributed by atoms with E-state index in [4.69, 9.17) is 0 Å². The molecule has 6 nitrogen and oxygen atoms in total. The van der Waals surface area contributed by atoms with Gasteiger partial charge >= 0.3 is 5.69 Å². The highest BCUT2D eigenvalue weighted by molar-refractivity contribution is 7.99. The molecule has 2 aromatic rings. The molecule has 1 aliphatic heterocycles. The first kappa shape index (κ1) is 11.4. The summed E-state index contributed by atoms with van der Waals surface area (Å²) >= 11 is 1.70. The predicted octanol–water partition coefficient (Wildman–Crippen LogP) is 0.457. The number of hydrogen-bond donors (Lipinski definition) is 4. The zero-order valence-electron chi connectivity index (χ0n) is 9.45. The Kier molecular flexibility index (Phi) is 2.85. The molecule has 1 aromatic heterocycles. The fraction of sp³-hybridized carbons (Fsp3) is 0.273. The van der Waals surface area contributed by atoms with Crippen molar-refractivity contribution in [3.05, 3.63) is 28.7 Å². The largest absolute Gasteiger partial charge is 0.325 e. The van der Waals surface area contributed by atoms with Crippen LogP contribution in [-0.2, 0) is 4.79 Å². The van der Waals surface area contributed by atoms with E-state index >= 15 is 0 Å². The Bertz CT molecular complexity index is 642. The van der Waals surface area contributed by atoms with Crippen LogP contribution in [0.15, 0.2) is 23.0 Å². The summed E-state index contributed by atoms with van der Waals surface area (Å²) in [5.41, 5.74) is 1.85. The van der Waals surface area contributed by atoms with E-state index in [-0.39, 0.29) is 17.6 Å². The first-order chi connectivity index (χ1) is 8.72. The van der Waals surface area contributed by atoms with Crippen LogP contribution in [0.5, 0.6) is 0 Å². The summed E-state index contributed by atoms with van der Waals surface area (Å²) < 4.78 is 0. The predicted molar refractivity (Wildman–Crippen MR) is 71.8 cm³/mol. The Balaban J connectivity index is 1.81. The van der Waals surface area contributed by atoms with Crippen LogP contribution in [0.25, 0.3) is 11.0 Å². The molecule has 1 saturated heterocycles. The van der Waals surface area contributed by atoms with Crippen molar-refractivity contribution in [3.63, 3.8) is 0 Å². The van der Waals surface area contributed by atoms with Crippen molar-refractivity contribution in [2.24, 2.45) is 0 Å². The maximum absolute atomic E-state index is 11.9. The molecular weight excluding hydrogens is 252 g/mol. The van der Waals surface area contributed by atoms with Crippen molar-refractivity contribution in [2.75, 3.05) is 16.9 Å². The summed E-state index contributed by atoms with van der Waals surface area (Å²) in [6.07, 6.45) is 0. The van der Waals surface area contributed by atoms with E-state index in [1.807, 2.05) is 0 Å². The summed E-state index contributed by atoms with van der Waals surface area (Å²) in [6.45, 7) is 0. The number of H-pyrrole nitrogens is 2. The SMILES string of the molecule is O=C(Nc1ccc2[nH]c(=O)[nH]c2c1)C1CSCN1. The summed E-state index contributed by atoms with van der Waals surface area (Å²) in [6, 6.07) is 5.13. The number of carbonyl (C=O) groups excluding carboxylic acids is 1. The number of amides is 1. The quantitative estimate of drug-likeness (QED) is 0.634. The second-order valence-electron chi connectivity index (χ2n) is 4.10. The third-order valence-corrected chi connectivity index (χ3v) is 3.76. The number of thioether (sulfide) groups is 1. The Labute approximate surface area is 107 Å². The zero-order chi connectivity index (χ0) is 12.5. The molecular formula is C11H12N4O2S. The number of nitrogens with one attached hydrogen (secondary N) is 4. The molecule has 18 heavy (non-hydrogen) atoms. The molecule has 94 valence electrons. The average Bonchev–Trinajstić information content (AvgIpc) is 2.95. The van der Waals surface area contributed by atoms with E-state index in [2.05, 4.69) is 20.6 Å². The number of benzene rings is 1. The highest BCUT2D eigenvalue weighted by Gasteiger charge is 2.22. The van der Waals surface area contributed by atoms with Crippen LogP contribution in [0.3, 0.4) is 0 Å². The number of carbonyl (C=O) groups is 1. The molecule has 1 atom stereocenters. The number of imidazole rings is 1. The fourth-order valence-electron chi connectivity index (χ4n) is 1.90. The normalized spacial score (nSPS) is 19.2. The maximum Gasteiger partial charge on any atom is 0.323 e. The molecule has 0 radical (unpaired) electrons. The number of hydrogen-bond acceptors (Lipinski definition) is 4. The molecule has 2 heterocycles. The van der Waals surface area contributed by atoms with Crippen molar-refractivity contribution >= 4 is 34.4 Å². The van der Waals surface area contributed by atoms with Gasteiger partial charge in [0.1, 0.15) is 0 Å². The van der Waals surface area contributed by atoms with Crippen molar-refractivity contribution in [3.8, 4) is 0 Å². The fourth-order valence-corrected chi connectivity index (χ4v) is 2.85. The Morgan fingerprint density at radius 1 is 1.33 bits per heavy atom. The lowest BCUT2D eigenvalue weighted by atomic mass is 10.2. The lowest BCUT2D eigenvalue weighted by Gasteiger charge is -2.10. The smallest absolute Gasteiger partial charge is 0.323 e. The van der Waals surface area contributed by atoms with Gasteiger partial charge in [-0.2, -0.15) is 0 Å². The summed E-state index contributed by atoms with van der Waals surface area (Å²) in [7, 11) is 0. The van der Waals surface area contributed by atoms with Crippen LogP contribution >= 0.6 is 11.8 Å². The van der Waals surface area contributed by atoms with Crippen LogP contribution in [0.4, 0.5) is 5.69 Å². The summed E-state index contributed by atoms with van der Waals surface area (Å²) in [5, 5.41) is 5.94. The number of fused-ring (bicyclic) bond motifs is 1. The van der Waals surface area contributed by atoms with E-state index in [0.29, 0.717) is 11.2 Å². The van der Waals surface area contributed by atoms with Crippen LogP contribution in [0.1, 0.15) is 0 Å². The van der Waals surface area contributed by atoms with Gasteiger partial charge in [-0.25, -0.2) is 4.79 Å². The second kappa shape index (κ2) is 4.51. The molecule has 7 heteroatoms. The van der Waals surface area contributed by atoms with E-state index in [1.165, 1.54) is 0 Å². The van der Waals surface area contributed by atoms with Gasteiger partial charge < -0.3 is 15.3 Å². The minimum Gasteiger partial charge on any atom is -0.325 e. The number of aromatic amines is 2. The maximum atomic E-state index is 11.9. The van der Waals surface area contributed by atoms with Crippen LogP contribution in [0, 0.1) is 0 Å². The van der Waals surface area contributed by atoms with Crippen molar-refractivity contribution in [1.82, 2.24) is 15.3 Å². The second-order valence-corrected chi connectivity index (χ2v) is 5.13. The standard InChI is InChI=1S/C11H12N4O2S/c16-10(9-4-18-5-12-9)13-6-1-2-7-8(3-6)15-11(17)14-7/h1-3,9,12H,4-5H2,(H,13,16)(H2,14,15,17). The molecule has 1 aliphatic rings. The lowest BCUT2D eigenvalue weighted by Crippen LogP contribution is -2.37. The van der Waals surface area contributed by atoms with Gasteiger partial charge in [-0.05, 0) is 18.2 Å². The van der Waals surface area contributed by atoms with Gasteiger partial charge in [-0.1, -0.05) is 0 Å². The molecule has 0 bridgehead atoms. The zero-order valence-corrected chi connectivity index (χ0v) is 10.3. The summed E-state index contributed by atoms with van der Waals surface area (Å²) in [5.74, 6) is 1.55. The summed E-state index contributed by atoms with van der Waals surface area (Å²) in [4.78, 5) is 28.3. The van der Waals surface area contributed by atoms with Crippen LogP contribution in [0.2, 0.25) is 0 Å². The minimum absolute atomic E-state index is 0.0442. The molecule has 1 unspecified atom stereocenters. The van der Waals surface area contributed by atoms with Gasteiger partial charge in [0.2, 0.25) is 5.91 Å². The molecule has 0 spiro atoms. The third-order valence-electron chi connectivity index (χ3n) is 2.82. The number of anilines is 1. The van der Waals surface area contributed by atoms with Gasteiger partial charge in [0.05, 0.1) is 17.1 Å². The Morgan fingerprint density at radius 2 is 2.17 bits per heavy atom. The number of rotatable bonds is 2. The lowest BCUT2D eigenvalue weighted by molar-refractivity contribution is -0.117. The minimum atomic E-state index is -0.248. The molecule has 0 saturated carbocycles. The molecule has 4 N–H and O–H groups in total. The first-order valence-corrected chi connectivity index (χ1v) is 6.72. The third kappa shape index (κ3) is 2.14. The van der Waals surface area contributed by atoms with Crippen LogP contribution < -0.4 is 16.3 Å². The molecule has 1 fully saturated rings. The molecule has 3 rings (SSSR count). The van der Waals surface area contributed by atoms with Crippen molar-refractivity contribution in [1.29, 1.82) is 0 Å². The van der Waals surface area contributed by atoms with E-state index < -0.39 is 0 Å². The van der Waals surface area contributed by atoms with Crippen molar-refractivity contribution in [2.45, 2.75) is 6.04 Å². The first-order valence-electron chi connectivity index (χ1n) is 5.56. The van der Waals surface area contributed by atoms with E-state index in [9.17, 15) is 9.59 Å². The average molecular weight is 264 g/mol. The van der Waals surface area contributed by atoms with Crippen LogP contribution in [-0.4, -0.2) is 33.5 Å². The topological polar surface area (TPSA) is 89.8 Å². The molecule has 1 aromatic carbocycles. The van der Waals surface area contributed by atoms with Gasteiger partial charge in [0.25, 0.3) is 0 Å². The number of aromatic nitrogens is 2. The Morgan fingerprint density at radius 3 is 2.94 bits per heavy atom. The highest BCUT2D eigenvalue weighted by Crippen LogP contribution is 2.16. The van der Waals surface area contributed by atoms with Gasteiger partial charge in [0.15, 0.2) is 0 Å². The van der Waals surface area contributed by atoms with E-state index in [1.54, 1.807) is 30.0 Å². The molecule has 1 amide bonds. The van der Waals surface area contributed by atoms with Gasteiger partial charge in [-0.15, -0.1) is 11.8 Å². The highest BCUT2D eigenvalue weighted by atomic mass is 32.2. The van der Waals surface area contributed by atoms with Crippen molar-refractivity contribution < 1.29 is 4.79 Å². The van der Waals surface area contributed by atoms with E-state index in [0.717, 1.165) is 17.1 Å². The molecule has 0 aliphatic carbocycles. The van der Waals surface area contributed by atoms with Gasteiger partial charge in [0, 0.05) is 17.3 Å².